The van der Waals surface area contributed by atoms with Gasteiger partial charge < -0.3 is 10.2 Å². The van der Waals surface area contributed by atoms with Gasteiger partial charge in [-0.05, 0) is 50.3 Å². The Morgan fingerprint density at radius 3 is 2.46 bits per heavy atom. The predicted octanol–water partition coefficient (Wildman–Crippen LogP) is 3.36. The highest BCUT2D eigenvalue weighted by molar-refractivity contribution is 7.59. The monoisotopic (exact) mass is 511 g/mol. The first kappa shape index (κ1) is 27.7. The molecule has 1 fully saturated rings. The number of hydrogen-bond donors (Lipinski definition) is 1. The molecular formula is C22H24F3N5O4S. The fourth-order valence-electron chi connectivity index (χ4n) is 3.73. The number of aromatic nitrogens is 2. The van der Waals surface area contributed by atoms with Gasteiger partial charge in [-0.25, -0.2) is 9.97 Å². The predicted molar refractivity (Wildman–Crippen MR) is 120 cm³/mol. The van der Waals surface area contributed by atoms with Crippen molar-refractivity contribution in [2.45, 2.75) is 51.2 Å². The number of benzene rings is 1. The number of nitrogens with one attached hydrogen (secondary N) is 1. The van der Waals surface area contributed by atoms with Gasteiger partial charge in [0.05, 0.1) is 17.7 Å². The number of ketones is 1. The number of aryl methyl sites for hydroxylation is 1. The van der Waals surface area contributed by atoms with E-state index in [9.17, 15) is 18.0 Å². The lowest BCUT2D eigenvalue weighted by Crippen LogP contribution is -2.37. The van der Waals surface area contributed by atoms with Crippen molar-refractivity contribution < 1.29 is 30.6 Å². The quantitative estimate of drug-likeness (QED) is 0.566. The van der Waals surface area contributed by atoms with Gasteiger partial charge in [0.2, 0.25) is 5.82 Å². The number of hydrogen-bond acceptors (Lipinski definition) is 9. The Balaban J connectivity index is 0.00000100. The van der Waals surface area contributed by atoms with E-state index in [4.69, 9.17) is 17.9 Å². The molecule has 1 saturated heterocycles. The summed E-state index contributed by atoms with van der Waals surface area (Å²) in [5, 5.41) is 11.7. The molecule has 0 spiro atoms. The second-order valence-electron chi connectivity index (χ2n) is 7.65. The van der Waals surface area contributed by atoms with Crippen molar-refractivity contribution in [3.63, 3.8) is 0 Å². The van der Waals surface area contributed by atoms with Gasteiger partial charge in [0.1, 0.15) is 11.6 Å². The van der Waals surface area contributed by atoms with E-state index in [1.54, 1.807) is 24.0 Å². The lowest BCUT2D eigenvalue weighted by atomic mass is 10.0. The van der Waals surface area contributed by atoms with Crippen LogP contribution in [0.1, 0.15) is 49.6 Å². The first-order valence-electron chi connectivity index (χ1n) is 10.8. The van der Waals surface area contributed by atoms with Crippen molar-refractivity contribution in [3.05, 3.63) is 47.3 Å². The van der Waals surface area contributed by atoms with Crippen molar-refractivity contribution in [3.8, 4) is 6.07 Å². The molecule has 0 aliphatic carbocycles. The largest absolute Gasteiger partial charge is 0.451 e. The molecule has 1 N–H and O–H groups in total. The summed E-state index contributed by atoms with van der Waals surface area (Å²) in [4.78, 5) is 21.8. The van der Waals surface area contributed by atoms with Gasteiger partial charge in [-0.1, -0.05) is 12.1 Å². The number of alkyl halides is 3. The van der Waals surface area contributed by atoms with Crippen LogP contribution in [0.25, 0.3) is 0 Å². The molecule has 1 aliphatic heterocycles. The molecule has 2 aromatic rings. The number of Topliss-reactive ketones (excluding diaryl/α,β-unsaturated/α-hetero) is 1. The van der Waals surface area contributed by atoms with E-state index in [-0.39, 0.29) is 17.4 Å². The van der Waals surface area contributed by atoms with Crippen molar-refractivity contribution in [1.82, 2.24) is 9.97 Å². The number of halogens is 3. The van der Waals surface area contributed by atoms with Gasteiger partial charge in [-0.3, -0.25) is 4.79 Å². The molecule has 1 aliphatic rings. The van der Waals surface area contributed by atoms with E-state index in [0.717, 1.165) is 5.56 Å². The Kier molecular flexibility index (Phi) is 10.1. The Labute approximate surface area is 202 Å². The molecule has 3 rings (SSSR count). The smallest absolute Gasteiger partial charge is 0.370 e. The van der Waals surface area contributed by atoms with Crippen molar-refractivity contribution >= 4 is 28.0 Å². The van der Waals surface area contributed by atoms with E-state index in [1.165, 1.54) is 6.07 Å². The molecule has 0 unspecified atom stereocenters. The number of carbonyl (C=O) groups is 1. The van der Waals surface area contributed by atoms with Crippen molar-refractivity contribution in [1.29, 1.82) is 5.26 Å². The number of carbonyl (C=O) groups excluding carboxylic acids is 1. The molecule has 2 heterocycles. The molecule has 0 saturated carbocycles. The minimum Gasteiger partial charge on any atom is -0.370 e. The lowest BCUT2D eigenvalue weighted by molar-refractivity contribution is -0.144. The van der Waals surface area contributed by atoms with Gasteiger partial charge in [0.25, 0.3) is 0 Å². The third kappa shape index (κ3) is 8.64. The molecular weight excluding hydrogens is 487 g/mol. The number of nitrogens with zero attached hydrogens (tertiary/aromatic N) is 4. The highest BCUT2D eigenvalue weighted by Gasteiger charge is 2.37. The van der Waals surface area contributed by atoms with Crippen LogP contribution in [0, 0.1) is 11.3 Å². The summed E-state index contributed by atoms with van der Waals surface area (Å²) in [5.41, 5.74) is 1.62. The summed E-state index contributed by atoms with van der Waals surface area (Å²) in [7, 11) is -3.11. The minimum absolute atomic E-state index is 0.00307. The SMILES string of the molecule is CCNc1cc(N2CCC[C@H]2C(=O)CCCc2ccc(C#N)cc2)nc(C(F)(F)F)n1.O=S(=O)=O. The van der Waals surface area contributed by atoms with Crippen LogP contribution >= 0.6 is 0 Å². The molecule has 188 valence electrons. The van der Waals surface area contributed by atoms with Gasteiger partial charge in [-0.2, -0.15) is 18.4 Å². The molecule has 35 heavy (non-hydrogen) atoms. The Bertz CT molecular complexity index is 1160. The van der Waals surface area contributed by atoms with Crippen LogP contribution < -0.4 is 10.2 Å². The molecule has 1 aromatic carbocycles. The lowest BCUT2D eigenvalue weighted by Gasteiger charge is -2.25. The van der Waals surface area contributed by atoms with E-state index in [0.29, 0.717) is 50.8 Å². The van der Waals surface area contributed by atoms with Gasteiger partial charge >= 0.3 is 16.8 Å². The zero-order valence-corrected chi connectivity index (χ0v) is 19.7. The second-order valence-corrected chi connectivity index (χ2v) is 8.06. The molecule has 13 heteroatoms. The number of rotatable bonds is 8. The second kappa shape index (κ2) is 12.8. The first-order chi connectivity index (χ1) is 16.5. The van der Waals surface area contributed by atoms with Crippen LogP contribution in [0.5, 0.6) is 0 Å². The maximum atomic E-state index is 13.3. The minimum atomic E-state index is -4.67. The molecule has 0 bridgehead atoms. The van der Waals surface area contributed by atoms with Crippen LogP contribution in [0.3, 0.4) is 0 Å². The fourth-order valence-corrected chi connectivity index (χ4v) is 3.73. The van der Waals surface area contributed by atoms with E-state index in [1.807, 2.05) is 12.1 Å². The molecule has 1 atom stereocenters. The molecule has 0 radical (unpaired) electrons. The van der Waals surface area contributed by atoms with E-state index < -0.39 is 28.7 Å². The fraction of sp³-hybridized carbons (Fsp3) is 0.455. The number of nitriles is 1. The van der Waals surface area contributed by atoms with E-state index in [2.05, 4.69) is 21.4 Å². The molecule has 0 amide bonds. The Morgan fingerprint density at radius 2 is 1.89 bits per heavy atom. The first-order valence-corrected chi connectivity index (χ1v) is 11.8. The summed E-state index contributed by atoms with van der Waals surface area (Å²) in [5.74, 6) is -0.983. The maximum absolute atomic E-state index is 13.3. The maximum Gasteiger partial charge on any atom is 0.451 e. The average molecular weight is 512 g/mol. The van der Waals surface area contributed by atoms with Gasteiger partial charge in [0, 0.05) is 25.6 Å². The van der Waals surface area contributed by atoms with Crippen LogP contribution in [0.15, 0.2) is 30.3 Å². The summed E-state index contributed by atoms with van der Waals surface area (Å²) in [6.45, 7) is 2.67. The molecule has 1 aromatic heterocycles. The van der Waals surface area contributed by atoms with Gasteiger partial charge in [-0.15, -0.1) is 12.6 Å². The Morgan fingerprint density at radius 1 is 1.23 bits per heavy atom. The van der Waals surface area contributed by atoms with Crippen LogP contribution in [-0.4, -0.2) is 47.5 Å². The molecule has 9 nitrogen and oxygen atoms in total. The summed E-state index contributed by atoms with van der Waals surface area (Å²) in [6.07, 6.45) is -1.69. The zero-order valence-electron chi connectivity index (χ0n) is 18.9. The third-order valence-corrected chi connectivity index (χ3v) is 5.21. The van der Waals surface area contributed by atoms with Crippen LogP contribution in [-0.2, 0) is 28.0 Å². The zero-order chi connectivity index (χ0) is 26.0. The topological polar surface area (TPSA) is 133 Å². The number of anilines is 2. The van der Waals surface area contributed by atoms with E-state index >= 15 is 0 Å². The van der Waals surface area contributed by atoms with Crippen LogP contribution in [0.4, 0.5) is 24.8 Å². The Hall–Kier alpha value is -3.53. The summed E-state index contributed by atoms with van der Waals surface area (Å²) < 4.78 is 65.1. The summed E-state index contributed by atoms with van der Waals surface area (Å²) in [6, 6.07) is 10.3. The average Bonchev–Trinajstić information content (AvgIpc) is 3.29. The van der Waals surface area contributed by atoms with Crippen molar-refractivity contribution in [2.24, 2.45) is 0 Å². The van der Waals surface area contributed by atoms with Crippen LogP contribution in [0.2, 0.25) is 0 Å². The highest BCUT2D eigenvalue weighted by Crippen LogP contribution is 2.32. The summed E-state index contributed by atoms with van der Waals surface area (Å²) >= 11 is 0. The normalized spacial score (nSPS) is 15.1. The highest BCUT2D eigenvalue weighted by atomic mass is 32.2. The standard InChI is InChI=1S/C22H24F3N5O.O3S/c1-2-27-19-13-20(29-21(28-19)22(23,24)25)30-12-4-6-17(30)18(31)7-3-5-15-8-10-16(14-26)11-9-15;1-4(2)3/h8-11,13,17H,2-7,12H2,1H3,(H,27,28,29);/t17-;/m0./s1. The van der Waals surface area contributed by atoms with Crippen molar-refractivity contribution in [2.75, 3.05) is 23.3 Å². The van der Waals surface area contributed by atoms with Gasteiger partial charge in [0.15, 0.2) is 5.78 Å². The third-order valence-electron chi connectivity index (χ3n) is 5.21.